The van der Waals surface area contributed by atoms with Crippen LogP contribution in [0.3, 0.4) is 0 Å². The molecule has 5 rings (SSSR count). The van der Waals surface area contributed by atoms with Crippen LogP contribution in [0, 0.1) is 0 Å². The average Bonchev–Trinajstić information content (AvgIpc) is 3.55. The molecule has 2 saturated heterocycles. The van der Waals surface area contributed by atoms with Crippen molar-refractivity contribution in [2.75, 3.05) is 37.3 Å². The second kappa shape index (κ2) is 11.5. The van der Waals surface area contributed by atoms with E-state index in [0.29, 0.717) is 5.69 Å². The Bertz CT molecular complexity index is 1320. The highest BCUT2D eigenvalue weighted by molar-refractivity contribution is 7.89. The van der Waals surface area contributed by atoms with E-state index in [0.717, 1.165) is 36.4 Å². The Labute approximate surface area is 218 Å². The first kappa shape index (κ1) is 25.4. The van der Waals surface area contributed by atoms with E-state index < -0.39 is 16.1 Å². The Hall–Kier alpha value is -3.20. The third-order valence-corrected chi connectivity index (χ3v) is 8.40. The molecule has 2 aliphatic rings. The van der Waals surface area contributed by atoms with Crippen LogP contribution in [0.15, 0.2) is 72.8 Å². The zero-order valence-corrected chi connectivity index (χ0v) is 21.7. The van der Waals surface area contributed by atoms with Gasteiger partial charge in [0.25, 0.3) is 0 Å². The molecule has 1 amide bonds. The number of carbonyl (C=O) groups is 1. The lowest BCUT2D eigenvalue weighted by Crippen LogP contribution is -2.37. The summed E-state index contributed by atoms with van der Waals surface area (Å²) in [5, 5.41) is 2.81. The average molecular weight is 520 g/mol. The van der Waals surface area contributed by atoms with Gasteiger partial charge in [-0.1, -0.05) is 48.5 Å². The van der Waals surface area contributed by atoms with Crippen LogP contribution in [0.2, 0.25) is 0 Å². The van der Waals surface area contributed by atoms with E-state index in [4.69, 9.17) is 4.74 Å². The molecule has 194 valence electrons. The molecule has 0 aromatic heterocycles. The largest absolute Gasteiger partial charge is 0.492 e. The van der Waals surface area contributed by atoms with E-state index >= 15 is 0 Å². The number of anilines is 1. The molecule has 0 spiro atoms. The Kier molecular flexibility index (Phi) is 7.88. The Morgan fingerprint density at radius 2 is 1.70 bits per heavy atom. The molecule has 2 aliphatic heterocycles. The minimum Gasteiger partial charge on any atom is -0.492 e. The molecular formula is C29H33N3O4S. The first-order chi connectivity index (χ1) is 17.9. The van der Waals surface area contributed by atoms with Crippen molar-refractivity contribution < 1.29 is 17.9 Å². The minimum absolute atomic E-state index is 0.0186. The summed E-state index contributed by atoms with van der Waals surface area (Å²) >= 11 is 0. The van der Waals surface area contributed by atoms with Crippen LogP contribution in [0.1, 0.15) is 30.4 Å². The zero-order valence-electron chi connectivity index (χ0n) is 20.9. The van der Waals surface area contributed by atoms with Gasteiger partial charge in [-0.2, -0.15) is 0 Å². The summed E-state index contributed by atoms with van der Waals surface area (Å²) in [5.74, 6) is 0.548. The number of carbonyl (C=O) groups excluding carboxylic acids is 1. The van der Waals surface area contributed by atoms with Crippen molar-refractivity contribution in [1.29, 1.82) is 0 Å². The lowest BCUT2D eigenvalue weighted by Gasteiger charge is -2.15. The van der Waals surface area contributed by atoms with Gasteiger partial charge in [-0.3, -0.25) is 9.69 Å². The van der Waals surface area contributed by atoms with Gasteiger partial charge in [-0.05, 0) is 85.3 Å². The monoisotopic (exact) mass is 519 g/mol. The maximum absolute atomic E-state index is 12.4. The number of likely N-dealkylation sites (tertiary alicyclic amines) is 1. The molecule has 3 aromatic rings. The molecule has 0 radical (unpaired) electrons. The number of rotatable bonds is 9. The molecule has 2 fully saturated rings. The normalized spacial score (nSPS) is 19.1. The fourth-order valence-corrected chi connectivity index (χ4v) is 6.26. The summed E-state index contributed by atoms with van der Waals surface area (Å²) in [4.78, 5) is 14.9. The fourth-order valence-electron chi connectivity index (χ4n) is 4.93. The van der Waals surface area contributed by atoms with Gasteiger partial charge in [0.05, 0.1) is 5.75 Å². The summed E-state index contributed by atoms with van der Waals surface area (Å²) in [6.45, 7) is 4.07. The van der Waals surface area contributed by atoms with Crippen molar-refractivity contribution in [1.82, 2.24) is 9.62 Å². The summed E-state index contributed by atoms with van der Waals surface area (Å²) in [6, 6.07) is 23.6. The van der Waals surface area contributed by atoms with E-state index in [2.05, 4.69) is 39.2 Å². The highest BCUT2D eigenvalue weighted by Crippen LogP contribution is 2.28. The lowest BCUT2D eigenvalue weighted by molar-refractivity contribution is -0.117. The van der Waals surface area contributed by atoms with Gasteiger partial charge < -0.3 is 10.1 Å². The lowest BCUT2D eigenvalue weighted by atomic mass is 9.95. The van der Waals surface area contributed by atoms with Gasteiger partial charge in [0, 0.05) is 12.2 Å². The van der Waals surface area contributed by atoms with E-state index in [1.165, 1.54) is 37.1 Å². The quantitative estimate of drug-likeness (QED) is 0.445. The Morgan fingerprint density at radius 1 is 0.973 bits per heavy atom. The van der Waals surface area contributed by atoms with E-state index in [1.54, 1.807) is 0 Å². The van der Waals surface area contributed by atoms with Crippen molar-refractivity contribution in [3.63, 3.8) is 0 Å². The third kappa shape index (κ3) is 6.77. The third-order valence-electron chi connectivity index (χ3n) is 6.99. The van der Waals surface area contributed by atoms with Gasteiger partial charge in [-0.15, -0.1) is 0 Å². The van der Waals surface area contributed by atoms with Crippen LogP contribution >= 0.6 is 0 Å². The first-order valence-electron chi connectivity index (χ1n) is 12.9. The molecule has 1 unspecified atom stereocenters. The maximum Gasteiger partial charge on any atom is 0.242 e. The van der Waals surface area contributed by atoms with Crippen molar-refractivity contribution in [2.45, 2.75) is 31.7 Å². The number of nitrogens with one attached hydrogen (secondary N) is 2. The van der Waals surface area contributed by atoms with Gasteiger partial charge in [0.15, 0.2) is 0 Å². The molecule has 7 nitrogen and oxygen atoms in total. The summed E-state index contributed by atoms with van der Waals surface area (Å²) in [6.07, 6.45) is 3.67. The summed E-state index contributed by atoms with van der Waals surface area (Å²) < 4.78 is 31.5. The number of nitrogens with zero attached hydrogens (tertiary/aromatic N) is 1. The van der Waals surface area contributed by atoms with Crippen LogP contribution < -0.4 is 14.8 Å². The van der Waals surface area contributed by atoms with E-state index in [-0.39, 0.29) is 18.1 Å². The van der Waals surface area contributed by atoms with Gasteiger partial charge >= 0.3 is 0 Å². The maximum atomic E-state index is 12.4. The molecule has 0 bridgehead atoms. The number of hydrogen-bond acceptors (Lipinski definition) is 5. The molecular weight excluding hydrogens is 486 g/mol. The zero-order chi connectivity index (χ0) is 25.7. The fraction of sp³-hybridized carbons (Fsp3) is 0.345. The number of benzene rings is 3. The molecule has 3 aromatic carbocycles. The van der Waals surface area contributed by atoms with Crippen LogP contribution in [0.4, 0.5) is 5.69 Å². The Balaban J connectivity index is 1.19. The van der Waals surface area contributed by atoms with Crippen molar-refractivity contribution >= 4 is 21.6 Å². The molecule has 0 saturated carbocycles. The standard InChI is InChI=1S/C29H33N3O4S/c33-29(28-15-20-37(34,35)31-28)30-25-11-9-23(10-12-25)27-6-2-1-5-24(27)21-22-7-13-26(14-8-22)36-19-18-32-16-3-4-17-32/h1-2,5-14,28,31H,3-4,15-21H2,(H,30,33). The number of sulfonamides is 1. The second-order valence-corrected chi connectivity index (χ2v) is 11.6. The highest BCUT2D eigenvalue weighted by atomic mass is 32.2. The number of ether oxygens (including phenoxy) is 1. The van der Waals surface area contributed by atoms with Gasteiger partial charge in [0.1, 0.15) is 18.4 Å². The number of amides is 1. The highest BCUT2D eigenvalue weighted by Gasteiger charge is 2.31. The SMILES string of the molecule is O=C(Nc1ccc(-c2ccccc2Cc2ccc(OCCN3CCCC3)cc2)cc1)C1CCS(=O)(=O)N1. The topological polar surface area (TPSA) is 87.7 Å². The van der Waals surface area contributed by atoms with Crippen LogP contribution in [-0.4, -0.2) is 57.3 Å². The Morgan fingerprint density at radius 3 is 2.41 bits per heavy atom. The minimum atomic E-state index is -3.34. The molecule has 1 atom stereocenters. The number of hydrogen-bond donors (Lipinski definition) is 2. The van der Waals surface area contributed by atoms with E-state index in [9.17, 15) is 13.2 Å². The van der Waals surface area contributed by atoms with Crippen molar-refractivity contribution in [3.8, 4) is 16.9 Å². The molecule has 37 heavy (non-hydrogen) atoms. The molecule has 2 N–H and O–H groups in total. The second-order valence-electron chi connectivity index (χ2n) is 9.72. The van der Waals surface area contributed by atoms with Crippen LogP contribution in [0.5, 0.6) is 5.75 Å². The smallest absolute Gasteiger partial charge is 0.242 e. The molecule has 0 aliphatic carbocycles. The molecule has 8 heteroatoms. The van der Waals surface area contributed by atoms with E-state index in [1.807, 2.05) is 48.5 Å². The first-order valence-corrected chi connectivity index (χ1v) is 14.5. The summed E-state index contributed by atoms with van der Waals surface area (Å²) in [5.41, 5.74) is 5.24. The van der Waals surface area contributed by atoms with Gasteiger partial charge in [0.2, 0.25) is 15.9 Å². The van der Waals surface area contributed by atoms with Crippen LogP contribution in [-0.2, 0) is 21.2 Å². The molecule has 2 heterocycles. The predicted molar refractivity (Wildman–Crippen MR) is 146 cm³/mol. The van der Waals surface area contributed by atoms with Crippen LogP contribution in [0.25, 0.3) is 11.1 Å². The van der Waals surface area contributed by atoms with Gasteiger partial charge in [-0.25, -0.2) is 13.1 Å². The van der Waals surface area contributed by atoms with Crippen molar-refractivity contribution in [2.24, 2.45) is 0 Å². The summed E-state index contributed by atoms with van der Waals surface area (Å²) in [7, 11) is -3.34. The van der Waals surface area contributed by atoms with Crippen molar-refractivity contribution in [3.05, 3.63) is 83.9 Å². The predicted octanol–water partition coefficient (Wildman–Crippen LogP) is 4.05.